The van der Waals surface area contributed by atoms with Gasteiger partial charge in [0.1, 0.15) is 17.9 Å². The average molecular weight is 274 g/mol. The summed E-state index contributed by atoms with van der Waals surface area (Å²) in [5.41, 5.74) is 1.26. The minimum absolute atomic E-state index is 0.306. The second-order valence-electron chi connectivity index (χ2n) is 4.18. The summed E-state index contributed by atoms with van der Waals surface area (Å²) in [7, 11) is 1.50. The molecule has 5 nitrogen and oxygen atoms in total. The highest BCUT2D eigenvalue weighted by Crippen LogP contribution is 2.34. The van der Waals surface area contributed by atoms with Gasteiger partial charge < -0.3 is 14.6 Å². The fraction of sp³-hybridized carbons (Fsp3) is 0.333. The Bertz CT molecular complexity index is 534. The molecule has 106 valence electrons. The summed E-state index contributed by atoms with van der Waals surface area (Å²) in [6, 6.07) is 9.55. The highest BCUT2D eigenvalue weighted by molar-refractivity contribution is 5.26. The predicted octanol–water partition coefficient (Wildman–Crippen LogP) is 2.30. The van der Waals surface area contributed by atoms with Crippen molar-refractivity contribution < 1.29 is 14.6 Å². The van der Waals surface area contributed by atoms with E-state index in [1.54, 1.807) is 0 Å². The Kier molecular flexibility index (Phi) is 5.03. The van der Waals surface area contributed by atoms with E-state index in [9.17, 15) is 5.11 Å². The van der Waals surface area contributed by atoms with Gasteiger partial charge in [-0.05, 0) is 12.5 Å². The van der Waals surface area contributed by atoms with Crippen LogP contribution in [0, 0.1) is 0 Å². The van der Waals surface area contributed by atoms with E-state index < -0.39 is 12.2 Å². The van der Waals surface area contributed by atoms with Crippen molar-refractivity contribution in [2.75, 3.05) is 13.7 Å². The molecule has 0 radical (unpaired) electrons. The third kappa shape index (κ3) is 3.12. The van der Waals surface area contributed by atoms with E-state index in [0.717, 1.165) is 5.56 Å². The predicted molar refractivity (Wildman–Crippen MR) is 74.4 cm³/mol. The maximum atomic E-state index is 10.6. The zero-order valence-electron chi connectivity index (χ0n) is 11.6. The molecule has 1 aromatic heterocycles. The summed E-state index contributed by atoms with van der Waals surface area (Å²) in [6.45, 7) is 2.37. The molecule has 0 spiro atoms. The van der Waals surface area contributed by atoms with Crippen molar-refractivity contribution >= 4 is 0 Å². The molecule has 0 aliphatic rings. The SMILES string of the molecule is CCOC(c1ccccc1)C(O)c1nccnc1OC. The van der Waals surface area contributed by atoms with Crippen LogP contribution in [0.5, 0.6) is 5.88 Å². The Labute approximate surface area is 118 Å². The Hall–Kier alpha value is -1.98. The van der Waals surface area contributed by atoms with E-state index in [4.69, 9.17) is 9.47 Å². The van der Waals surface area contributed by atoms with Crippen molar-refractivity contribution in [1.29, 1.82) is 0 Å². The second-order valence-corrected chi connectivity index (χ2v) is 4.18. The number of hydrogen-bond donors (Lipinski definition) is 1. The highest BCUT2D eigenvalue weighted by Gasteiger charge is 2.27. The first-order valence-corrected chi connectivity index (χ1v) is 6.47. The lowest BCUT2D eigenvalue weighted by Gasteiger charge is -2.23. The Balaban J connectivity index is 2.34. The second kappa shape index (κ2) is 6.98. The molecular formula is C15H18N2O3. The molecule has 0 fully saturated rings. The number of rotatable bonds is 6. The van der Waals surface area contributed by atoms with Crippen molar-refractivity contribution in [1.82, 2.24) is 9.97 Å². The largest absolute Gasteiger partial charge is 0.480 e. The summed E-state index contributed by atoms with van der Waals surface area (Å²) in [4.78, 5) is 8.21. The topological polar surface area (TPSA) is 64.5 Å². The first-order valence-electron chi connectivity index (χ1n) is 6.47. The van der Waals surface area contributed by atoms with Gasteiger partial charge in [-0.15, -0.1) is 0 Å². The van der Waals surface area contributed by atoms with E-state index in [2.05, 4.69) is 9.97 Å². The van der Waals surface area contributed by atoms with Crippen LogP contribution in [0.3, 0.4) is 0 Å². The molecule has 1 heterocycles. The first-order chi connectivity index (χ1) is 9.77. The fourth-order valence-corrected chi connectivity index (χ4v) is 2.03. The standard InChI is InChI=1S/C15H18N2O3/c1-3-20-14(11-7-5-4-6-8-11)13(18)12-15(19-2)17-10-9-16-12/h4-10,13-14,18H,3H2,1-2H3. The quantitative estimate of drug-likeness (QED) is 0.875. The minimum Gasteiger partial charge on any atom is -0.480 e. The van der Waals surface area contributed by atoms with Gasteiger partial charge in [0.15, 0.2) is 0 Å². The summed E-state index contributed by atoms with van der Waals surface area (Å²) in [5, 5.41) is 10.6. The normalized spacial score (nSPS) is 13.8. The maximum absolute atomic E-state index is 10.6. The molecule has 2 atom stereocenters. The van der Waals surface area contributed by atoms with Crippen molar-refractivity contribution in [3.8, 4) is 5.88 Å². The number of methoxy groups -OCH3 is 1. The molecule has 0 amide bonds. The van der Waals surface area contributed by atoms with E-state index in [1.807, 2.05) is 37.3 Å². The Morgan fingerprint density at radius 3 is 2.50 bits per heavy atom. The van der Waals surface area contributed by atoms with Gasteiger partial charge in [-0.2, -0.15) is 0 Å². The number of aliphatic hydroxyl groups excluding tert-OH is 1. The molecule has 0 saturated carbocycles. The van der Waals surface area contributed by atoms with Crippen molar-refractivity contribution in [3.63, 3.8) is 0 Å². The fourth-order valence-electron chi connectivity index (χ4n) is 2.03. The zero-order chi connectivity index (χ0) is 14.4. The van der Waals surface area contributed by atoms with Crippen LogP contribution < -0.4 is 4.74 Å². The molecule has 2 aromatic rings. The third-order valence-electron chi connectivity index (χ3n) is 2.93. The van der Waals surface area contributed by atoms with Gasteiger partial charge in [-0.3, -0.25) is 4.98 Å². The van der Waals surface area contributed by atoms with Crippen LogP contribution in [0.1, 0.15) is 30.4 Å². The molecule has 2 unspecified atom stereocenters. The number of nitrogens with zero attached hydrogens (tertiary/aromatic N) is 2. The molecule has 0 aliphatic carbocycles. The molecule has 2 rings (SSSR count). The highest BCUT2D eigenvalue weighted by atomic mass is 16.5. The van der Waals surface area contributed by atoms with Gasteiger partial charge in [0.25, 0.3) is 0 Å². The van der Waals surface area contributed by atoms with E-state index in [-0.39, 0.29) is 0 Å². The van der Waals surface area contributed by atoms with Crippen LogP contribution in [0.4, 0.5) is 0 Å². The van der Waals surface area contributed by atoms with Gasteiger partial charge in [0.2, 0.25) is 5.88 Å². The first kappa shape index (κ1) is 14.4. The smallest absolute Gasteiger partial charge is 0.238 e. The van der Waals surface area contributed by atoms with Gasteiger partial charge in [0, 0.05) is 19.0 Å². The van der Waals surface area contributed by atoms with Gasteiger partial charge >= 0.3 is 0 Å². The summed E-state index contributed by atoms with van der Waals surface area (Å²) < 4.78 is 10.8. The third-order valence-corrected chi connectivity index (χ3v) is 2.93. The number of ether oxygens (including phenoxy) is 2. The van der Waals surface area contributed by atoms with Crippen molar-refractivity contribution in [2.45, 2.75) is 19.1 Å². The van der Waals surface area contributed by atoms with Crippen LogP contribution in [-0.4, -0.2) is 28.8 Å². The lowest BCUT2D eigenvalue weighted by molar-refractivity contribution is -0.0391. The van der Waals surface area contributed by atoms with E-state index >= 15 is 0 Å². The molecule has 20 heavy (non-hydrogen) atoms. The maximum Gasteiger partial charge on any atom is 0.238 e. The average Bonchev–Trinajstić information content (AvgIpc) is 2.52. The molecule has 1 aromatic carbocycles. The van der Waals surface area contributed by atoms with Gasteiger partial charge in [0.05, 0.1) is 7.11 Å². The van der Waals surface area contributed by atoms with Crippen LogP contribution in [0.15, 0.2) is 42.7 Å². The molecule has 5 heteroatoms. The van der Waals surface area contributed by atoms with Crippen LogP contribution in [0.2, 0.25) is 0 Å². The summed E-state index contributed by atoms with van der Waals surface area (Å²) >= 11 is 0. The monoisotopic (exact) mass is 274 g/mol. The van der Waals surface area contributed by atoms with E-state index in [1.165, 1.54) is 19.5 Å². The lowest BCUT2D eigenvalue weighted by Crippen LogP contribution is -2.17. The molecule has 0 aliphatic heterocycles. The van der Waals surface area contributed by atoms with Crippen LogP contribution >= 0.6 is 0 Å². The van der Waals surface area contributed by atoms with Crippen molar-refractivity contribution in [3.05, 3.63) is 54.0 Å². The molecular weight excluding hydrogens is 256 g/mol. The Morgan fingerprint density at radius 2 is 1.85 bits per heavy atom. The molecule has 1 N–H and O–H groups in total. The molecule has 0 bridgehead atoms. The van der Waals surface area contributed by atoms with E-state index in [0.29, 0.717) is 18.2 Å². The zero-order valence-corrected chi connectivity index (χ0v) is 11.6. The number of benzene rings is 1. The summed E-state index contributed by atoms with van der Waals surface area (Å²) in [6.07, 6.45) is 1.59. The van der Waals surface area contributed by atoms with Gasteiger partial charge in [-0.1, -0.05) is 30.3 Å². The number of aliphatic hydroxyl groups is 1. The minimum atomic E-state index is -0.944. The Morgan fingerprint density at radius 1 is 1.15 bits per heavy atom. The van der Waals surface area contributed by atoms with Gasteiger partial charge in [-0.25, -0.2) is 4.98 Å². The summed E-state index contributed by atoms with van der Waals surface area (Å²) in [5.74, 6) is 0.306. The van der Waals surface area contributed by atoms with Crippen LogP contribution in [-0.2, 0) is 4.74 Å². The number of aromatic nitrogens is 2. The number of hydrogen-bond acceptors (Lipinski definition) is 5. The van der Waals surface area contributed by atoms with Crippen molar-refractivity contribution in [2.24, 2.45) is 0 Å². The lowest BCUT2D eigenvalue weighted by atomic mass is 10.0. The molecule has 0 saturated heterocycles. The van der Waals surface area contributed by atoms with Crippen LogP contribution in [0.25, 0.3) is 0 Å².